The number of carboxylic acid groups (broad SMARTS) is 1. The molecule has 0 saturated carbocycles. The molecule has 0 bridgehead atoms. The minimum Gasteiger partial charge on any atom is -0.465 e. The first kappa shape index (κ1) is 21.7. The molecule has 0 atom stereocenters. The molecular weight excluding hydrogens is 401 g/mol. The topological polar surface area (TPSA) is 78.7 Å². The van der Waals surface area contributed by atoms with Crippen molar-refractivity contribution < 1.29 is 27.9 Å². The van der Waals surface area contributed by atoms with E-state index in [2.05, 4.69) is 5.10 Å². The molecule has 0 unspecified atom stereocenters. The van der Waals surface area contributed by atoms with Gasteiger partial charge in [0.2, 0.25) is 0 Å². The Balaban J connectivity index is 1.87. The van der Waals surface area contributed by atoms with Crippen molar-refractivity contribution in [1.82, 2.24) is 19.6 Å². The molecule has 1 aliphatic rings. The Hall–Kier alpha value is -3.04. The monoisotopic (exact) mass is 424 g/mol. The van der Waals surface area contributed by atoms with E-state index in [4.69, 9.17) is 5.11 Å². The second kappa shape index (κ2) is 8.37. The van der Waals surface area contributed by atoms with Gasteiger partial charge in [-0.2, -0.15) is 18.3 Å². The van der Waals surface area contributed by atoms with Crippen molar-refractivity contribution in [2.45, 2.75) is 39.5 Å². The van der Waals surface area contributed by atoms with Gasteiger partial charge < -0.3 is 14.9 Å². The van der Waals surface area contributed by atoms with Crippen LogP contribution in [0.4, 0.5) is 18.0 Å². The van der Waals surface area contributed by atoms with E-state index in [-0.39, 0.29) is 37.5 Å². The number of alkyl halides is 3. The summed E-state index contributed by atoms with van der Waals surface area (Å²) in [6, 6.07) is 6.71. The Kier molecular flexibility index (Phi) is 6.04. The molecule has 7 nitrogen and oxygen atoms in total. The number of fused-ring (bicyclic) bond motifs is 1. The number of amides is 2. The summed E-state index contributed by atoms with van der Waals surface area (Å²) in [6.45, 7) is 4.83. The standard InChI is InChI=1S/C20H23F3N4O3/c1-3-25(4-2)18(28)14-7-5-13(6-8-14)11-27-16-9-10-26(19(29)30)12-15(16)17(24-27)20(21,22)23/h5-8H,3-4,9-12H2,1-2H3,(H,29,30). The van der Waals surface area contributed by atoms with Crippen molar-refractivity contribution in [3.05, 3.63) is 52.3 Å². The summed E-state index contributed by atoms with van der Waals surface area (Å²) in [5.74, 6) is -0.101. The van der Waals surface area contributed by atoms with E-state index in [0.29, 0.717) is 29.9 Å². The number of nitrogens with zero attached hydrogens (tertiary/aromatic N) is 4. The fourth-order valence-corrected chi connectivity index (χ4v) is 3.63. The lowest BCUT2D eigenvalue weighted by atomic mass is 10.0. The van der Waals surface area contributed by atoms with Gasteiger partial charge in [0.25, 0.3) is 5.91 Å². The van der Waals surface area contributed by atoms with Crippen molar-refractivity contribution >= 4 is 12.0 Å². The van der Waals surface area contributed by atoms with Crippen LogP contribution in [0.25, 0.3) is 0 Å². The van der Waals surface area contributed by atoms with Crippen molar-refractivity contribution in [3.8, 4) is 0 Å². The lowest BCUT2D eigenvalue weighted by Gasteiger charge is -2.25. The number of carbonyl (C=O) groups is 2. The van der Waals surface area contributed by atoms with E-state index in [1.165, 1.54) is 4.68 Å². The number of rotatable bonds is 5. The number of halogens is 3. The molecule has 30 heavy (non-hydrogen) atoms. The Labute approximate surface area is 171 Å². The first-order valence-electron chi connectivity index (χ1n) is 9.67. The maximum Gasteiger partial charge on any atom is 0.435 e. The lowest BCUT2D eigenvalue weighted by molar-refractivity contribution is -0.142. The Morgan fingerprint density at radius 1 is 1.17 bits per heavy atom. The summed E-state index contributed by atoms with van der Waals surface area (Å²) in [6.07, 6.45) is -5.77. The molecule has 0 fully saturated rings. The highest BCUT2D eigenvalue weighted by Crippen LogP contribution is 2.35. The average Bonchev–Trinajstić information content (AvgIpc) is 3.07. The second-order valence-electron chi connectivity index (χ2n) is 7.06. The summed E-state index contributed by atoms with van der Waals surface area (Å²) < 4.78 is 41.7. The van der Waals surface area contributed by atoms with Gasteiger partial charge in [0.1, 0.15) is 0 Å². The molecule has 0 radical (unpaired) electrons. The first-order chi connectivity index (χ1) is 14.2. The molecule has 1 aromatic heterocycles. The van der Waals surface area contributed by atoms with Gasteiger partial charge in [0.05, 0.1) is 13.1 Å². The van der Waals surface area contributed by atoms with Gasteiger partial charge in [-0.3, -0.25) is 9.48 Å². The number of carbonyl (C=O) groups excluding carboxylic acids is 1. The minimum absolute atomic E-state index is 0.0931. The molecule has 2 heterocycles. The van der Waals surface area contributed by atoms with E-state index in [0.717, 1.165) is 4.90 Å². The van der Waals surface area contributed by atoms with Crippen LogP contribution >= 0.6 is 0 Å². The zero-order valence-electron chi connectivity index (χ0n) is 16.7. The van der Waals surface area contributed by atoms with Crippen molar-refractivity contribution in [2.24, 2.45) is 0 Å². The van der Waals surface area contributed by atoms with Crippen LogP contribution in [-0.4, -0.2) is 56.3 Å². The smallest absolute Gasteiger partial charge is 0.435 e. The zero-order chi connectivity index (χ0) is 22.1. The second-order valence-corrected chi connectivity index (χ2v) is 7.06. The van der Waals surface area contributed by atoms with E-state index >= 15 is 0 Å². The summed E-state index contributed by atoms with van der Waals surface area (Å²) in [5, 5.41) is 12.9. The fraction of sp³-hybridized carbons (Fsp3) is 0.450. The molecule has 0 aliphatic carbocycles. The highest BCUT2D eigenvalue weighted by molar-refractivity contribution is 5.94. The molecule has 1 N–H and O–H groups in total. The van der Waals surface area contributed by atoms with Gasteiger partial charge in [-0.1, -0.05) is 12.1 Å². The van der Waals surface area contributed by atoms with Gasteiger partial charge in [0.15, 0.2) is 5.69 Å². The Morgan fingerprint density at radius 2 is 1.80 bits per heavy atom. The summed E-state index contributed by atoms with van der Waals surface area (Å²) in [5.41, 5.74) is 0.466. The van der Waals surface area contributed by atoms with Crippen LogP contribution in [0.15, 0.2) is 24.3 Å². The summed E-state index contributed by atoms with van der Waals surface area (Å²) in [7, 11) is 0. The summed E-state index contributed by atoms with van der Waals surface area (Å²) in [4.78, 5) is 26.2. The molecule has 0 saturated heterocycles. The molecule has 2 amide bonds. The molecule has 1 aromatic carbocycles. The maximum atomic E-state index is 13.5. The van der Waals surface area contributed by atoms with Gasteiger partial charge in [-0.25, -0.2) is 4.79 Å². The third-order valence-electron chi connectivity index (χ3n) is 5.26. The van der Waals surface area contributed by atoms with Crippen LogP contribution < -0.4 is 0 Å². The number of hydrogen-bond acceptors (Lipinski definition) is 3. The molecule has 2 aromatic rings. The molecule has 1 aliphatic heterocycles. The van der Waals surface area contributed by atoms with Crippen molar-refractivity contribution in [1.29, 1.82) is 0 Å². The largest absolute Gasteiger partial charge is 0.465 e. The number of aromatic nitrogens is 2. The third-order valence-corrected chi connectivity index (χ3v) is 5.26. The fourth-order valence-electron chi connectivity index (χ4n) is 3.63. The predicted octanol–water partition coefficient (Wildman–Crippen LogP) is 3.47. The van der Waals surface area contributed by atoms with Crippen LogP contribution in [0.1, 0.15) is 46.7 Å². The van der Waals surface area contributed by atoms with Crippen LogP contribution in [0.3, 0.4) is 0 Å². The lowest BCUT2D eigenvalue weighted by Crippen LogP contribution is -2.35. The van der Waals surface area contributed by atoms with E-state index < -0.39 is 18.0 Å². The molecule has 3 rings (SSSR count). The van der Waals surface area contributed by atoms with Gasteiger partial charge in [-0.15, -0.1) is 0 Å². The Morgan fingerprint density at radius 3 is 2.33 bits per heavy atom. The SMILES string of the molecule is CCN(CC)C(=O)c1ccc(Cn2nc(C(F)(F)F)c3c2CCN(C(=O)O)C3)cc1. The van der Waals surface area contributed by atoms with E-state index in [1.54, 1.807) is 29.2 Å². The highest BCUT2D eigenvalue weighted by Gasteiger charge is 2.41. The normalized spacial score (nSPS) is 13.8. The molecule has 0 spiro atoms. The quantitative estimate of drug-likeness (QED) is 0.797. The van der Waals surface area contributed by atoms with Crippen LogP contribution in [0.5, 0.6) is 0 Å². The average molecular weight is 424 g/mol. The summed E-state index contributed by atoms with van der Waals surface area (Å²) >= 11 is 0. The molecule has 10 heteroatoms. The minimum atomic E-state index is -4.67. The van der Waals surface area contributed by atoms with Crippen molar-refractivity contribution in [2.75, 3.05) is 19.6 Å². The van der Waals surface area contributed by atoms with E-state index in [9.17, 15) is 22.8 Å². The number of benzene rings is 1. The third kappa shape index (κ3) is 4.27. The highest BCUT2D eigenvalue weighted by atomic mass is 19.4. The van der Waals surface area contributed by atoms with Gasteiger partial charge >= 0.3 is 12.3 Å². The zero-order valence-corrected chi connectivity index (χ0v) is 16.7. The maximum absolute atomic E-state index is 13.5. The van der Waals surface area contributed by atoms with Crippen molar-refractivity contribution in [3.63, 3.8) is 0 Å². The number of hydrogen-bond donors (Lipinski definition) is 1. The van der Waals surface area contributed by atoms with Gasteiger partial charge in [0, 0.05) is 42.9 Å². The van der Waals surface area contributed by atoms with Gasteiger partial charge in [-0.05, 0) is 31.5 Å². The van der Waals surface area contributed by atoms with E-state index in [1.807, 2.05) is 13.8 Å². The molecule has 162 valence electrons. The van der Waals surface area contributed by atoms with Crippen LogP contribution in [0, 0.1) is 0 Å². The molecular formula is C20H23F3N4O3. The first-order valence-corrected chi connectivity index (χ1v) is 9.67. The van der Waals surface area contributed by atoms with Crippen LogP contribution in [-0.2, 0) is 25.7 Å². The van der Waals surface area contributed by atoms with Crippen LogP contribution in [0.2, 0.25) is 0 Å². The predicted molar refractivity (Wildman–Crippen MR) is 102 cm³/mol. The Bertz CT molecular complexity index is 934.